The fourth-order valence-electron chi connectivity index (χ4n) is 1.79. The molecule has 1 aromatic carbocycles. The molecule has 1 rings (SSSR count). The van der Waals surface area contributed by atoms with Crippen molar-refractivity contribution in [1.82, 2.24) is 0 Å². The Hall–Kier alpha value is -1.02. The van der Waals surface area contributed by atoms with Gasteiger partial charge < -0.3 is 9.84 Å². The summed E-state index contributed by atoms with van der Waals surface area (Å²) in [5.41, 5.74) is 0.958. The van der Waals surface area contributed by atoms with Crippen molar-refractivity contribution < 1.29 is 9.84 Å². The molecule has 0 aliphatic heterocycles. The van der Waals surface area contributed by atoms with Crippen molar-refractivity contribution in [3.05, 3.63) is 29.8 Å². The maximum absolute atomic E-state index is 9.90. The molecule has 0 saturated carbocycles. The summed E-state index contributed by atoms with van der Waals surface area (Å²) in [7, 11) is 0. The Kier molecular flexibility index (Phi) is 6.71. The molecule has 2 nitrogen and oxygen atoms in total. The molecule has 1 N–H and O–H groups in total. The van der Waals surface area contributed by atoms with Crippen LogP contribution in [-0.2, 0) is 0 Å². The second-order valence-electron chi connectivity index (χ2n) is 4.43. The van der Waals surface area contributed by atoms with Gasteiger partial charge >= 0.3 is 0 Å². The van der Waals surface area contributed by atoms with Crippen LogP contribution in [0.2, 0.25) is 0 Å². The number of benzene rings is 1. The van der Waals surface area contributed by atoms with E-state index in [-0.39, 0.29) is 6.10 Å². The van der Waals surface area contributed by atoms with Gasteiger partial charge in [-0.2, -0.15) is 0 Å². The van der Waals surface area contributed by atoms with E-state index in [1.807, 2.05) is 24.3 Å². The first kappa shape index (κ1) is 14.0. The summed E-state index contributed by atoms with van der Waals surface area (Å²) in [6, 6.07) is 7.81. The standard InChI is InChI=1S/C15H24O2/c1-3-5-6-11-17-14-10-7-9-13(12-14)15(16)8-4-2/h7,9-10,12,15-16H,3-6,8,11H2,1-2H3. The number of rotatable bonds is 8. The SMILES string of the molecule is CCCCCOc1cccc(C(O)CCC)c1. The van der Waals surface area contributed by atoms with Crippen LogP contribution < -0.4 is 4.74 Å². The van der Waals surface area contributed by atoms with Gasteiger partial charge in [-0.3, -0.25) is 0 Å². The average molecular weight is 236 g/mol. The molecule has 96 valence electrons. The van der Waals surface area contributed by atoms with Crippen LogP contribution in [0.5, 0.6) is 5.75 Å². The highest BCUT2D eigenvalue weighted by atomic mass is 16.5. The van der Waals surface area contributed by atoms with Gasteiger partial charge in [-0.25, -0.2) is 0 Å². The van der Waals surface area contributed by atoms with Crippen LogP contribution in [0.25, 0.3) is 0 Å². The number of hydrogen-bond acceptors (Lipinski definition) is 2. The number of hydrogen-bond donors (Lipinski definition) is 1. The maximum atomic E-state index is 9.90. The third-order valence-corrected chi connectivity index (χ3v) is 2.82. The molecule has 1 unspecified atom stereocenters. The summed E-state index contributed by atoms with van der Waals surface area (Å²) in [5.74, 6) is 0.869. The predicted octanol–water partition coefficient (Wildman–Crippen LogP) is 4.09. The van der Waals surface area contributed by atoms with Crippen molar-refractivity contribution >= 4 is 0 Å². The second kappa shape index (κ2) is 8.13. The van der Waals surface area contributed by atoms with Crippen LogP contribution in [0.4, 0.5) is 0 Å². The fourth-order valence-corrected chi connectivity index (χ4v) is 1.79. The van der Waals surface area contributed by atoms with Gasteiger partial charge in [0.2, 0.25) is 0 Å². The van der Waals surface area contributed by atoms with E-state index in [0.717, 1.165) is 37.2 Å². The van der Waals surface area contributed by atoms with Crippen LogP contribution in [0, 0.1) is 0 Å². The fraction of sp³-hybridized carbons (Fsp3) is 0.600. The van der Waals surface area contributed by atoms with Crippen LogP contribution >= 0.6 is 0 Å². The molecule has 0 aliphatic carbocycles. The quantitative estimate of drug-likeness (QED) is 0.689. The molecule has 0 spiro atoms. The predicted molar refractivity (Wildman–Crippen MR) is 71.3 cm³/mol. The minimum absolute atomic E-state index is 0.362. The van der Waals surface area contributed by atoms with Gasteiger partial charge in [0, 0.05) is 0 Å². The topological polar surface area (TPSA) is 29.5 Å². The summed E-state index contributed by atoms with van der Waals surface area (Å²) in [4.78, 5) is 0. The molecule has 0 fully saturated rings. The normalized spacial score (nSPS) is 12.4. The molecular formula is C15H24O2. The Morgan fingerprint density at radius 2 is 2.00 bits per heavy atom. The van der Waals surface area contributed by atoms with Gasteiger partial charge in [0.1, 0.15) is 5.75 Å². The molecular weight excluding hydrogens is 212 g/mol. The zero-order chi connectivity index (χ0) is 12.5. The van der Waals surface area contributed by atoms with E-state index in [9.17, 15) is 5.11 Å². The minimum atomic E-state index is -0.362. The van der Waals surface area contributed by atoms with E-state index < -0.39 is 0 Å². The van der Waals surface area contributed by atoms with Gasteiger partial charge in [-0.15, -0.1) is 0 Å². The van der Waals surface area contributed by atoms with Crippen molar-refractivity contribution in [2.75, 3.05) is 6.61 Å². The summed E-state index contributed by atoms with van der Waals surface area (Å²) in [6.07, 6.45) is 4.94. The smallest absolute Gasteiger partial charge is 0.119 e. The van der Waals surface area contributed by atoms with Gasteiger partial charge in [0.05, 0.1) is 12.7 Å². The molecule has 1 atom stereocenters. The Labute approximate surface area is 105 Å². The lowest BCUT2D eigenvalue weighted by Crippen LogP contribution is -2.00. The van der Waals surface area contributed by atoms with Crippen molar-refractivity contribution in [2.24, 2.45) is 0 Å². The van der Waals surface area contributed by atoms with Crippen LogP contribution in [0.1, 0.15) is 57.6 Å². The lowest BCUT2D eigenvalue weighted by molar-refractivity contribution is 0.166. The van der Waals surface area contributed by atoms with Crippen molar-refractivity contribution in [2.45, 2.75) is 52.1 Å². The molecule has 0 bridgehead atoms. The summed E-state index contributed by atoms with van der Waals surface area (Å²) in [5, 5.41) is 9.90. The Morgan fingerprint density at radius 1 is 1.18 bits per heavy atom. The maximum Gasteiger partial charge on any atom is 0.119 e. The lowest BCUT2D eigenvalue weighted by Gasteiger charge is -2.12. The summed E-state index contributed by atoms with van der Waals surface area (Å²) < 4.78 is 5.67. The molecule has 0 saturated heterocycles. The molecule has 0 amide bonds. The first-order valence-corrected chi connectivity index (χ1v) is 6.68. The largest absolute Gasteiger partial charge is 0.494 e. The van der Waals surface area contributed by atoms with Gasteiger partial charge in [0.15, 0.2) is 0 Å². The number of aliphatic hydroxyl groups excluding tert-OH is 1. The van der Waals surface area contributed by atoms with Crippen molar-refractivity contribution in [3.8, 4) is 5.75 Å². The second-order valence-corrected chi connectivity index (χ2v) is 4.43. The molecule has 0 aliphatic rings. The van der Waals surface area contributed by atoms with Crippen molar-refractivity contribution in [3.63, 3.8) is 0 Å². The van der Waals surface area contributed by atoms with Gasteiger partial charge in [0.25, 0.3) is 0 Å². The summed E-state index contributed by atoms with van der Waals surface area (Å²) in [6.45, 7) is 5.03. The van der Waals surface area contributed by atoms with E-state index in [2.05, 4.69) is 13.8 Å². The highest BCUT2D eigenvalue weighted by Crippen LogP contribution is 2.22. The molecule has 0 aromatic heterocycles. The molecule has 0 heterocycles. The minimum Gasteiger partial charge on any atom is -0.494 e. The third kappa shape index (κ3) is 5.22. The van der Waals surface area contributed by atoms with E-state index in [1.165, 1.54) is 12.8 Å². The van der Waals surface area contributed by atoms with E-state index in [4.69, 9.17) is 4.74 Å². The highest BCUT2D eigenvalue weighted by Gasteiger charge is 2.06. The molecule has 17 heavy (non-hydrogen) atoms. The Balaban J connectivity index is 2.47. The summed E-state index contributed by atoms with van der Waals surface area (Å²) >= 11 is 0. The highest BCUT2D eigenvalue weighted by molar-refractivity contribution is 5.29. The average Bonchev–Trinajstić information content (AvgIpc) is 2.35. The Morgan fingerprint density at radius 3 is 2.71 bits per heavy atom. The van der Waals surface area contributed by atoms with Crippen LogP contribution in [0.15, 0.2) is 24.3 Å². The first-order valence-electron chi connectivity index (χ1n) is 6.68. The van der Waals surface area contributed by atoms with Gasteiger partial charge in [-0.1, -0.05) is 45.2 Å². The monoisotopic (exact) mass is 236 g/mol. The van der Waals surface area contributed by atoms with E-state index in [0.29, 0.717) is 0 Å². The van der Waals surface area contributed by atoms with Crippen LogP contribution in [0.3, 0.4) is 0 Å². The van der Waals surface area contributed by atoms with Crippen molar-refractivity contribution in [1.29, 1.82) is 0 Å². The zero-order valence-electron chi connectivity index (χ0n) is 11.0. The third-order valence-electron chi connectivity index (χ3n) is 2.82. The van der Waals surface area contributed by atoms with Gasteiger partial charge in [-0.05, 0) is 30.5 Å². The molecule has 1 aromatic rings. The van der Waals surface area contributed by atoms with E-state index in [1.54, 1.807) is 0 Å². The zero-order valence-corrected chi connectivity index (χ0v) is 11.0. The van der Waals surface area contributed by atoms with Crippen LogP contribution in [-0.4, -0.2) is 11.7 Å². The lowest BCUT2D eigenvalue weighted by atomic mass is 10.1. The number of unbranched alkanes of at least 4 members (excludes halogenated alkanes) is 2. The molecule has 2 heteroatoms. The number of aliphatic hydroxyl groups is 1. The number of ether oxygens (including phenoxy) is 1. The van der Waals surface area contributed by atoms with E-state index >= 15 is 0 Å². The molecule has 0 radical (unpaired) electrons. The Bertz CT molecular complexity index is 310. The first-order chi connectivity index (χ1) is 8.27.